The number of nitro benzene ring substituents is 1. The van der Waals surface area contributed by atoms with Crippen LogP contribution in [0.25, 0.3) is 0 Å². The van der Waals surface area contributed by atoms with Crippen molar-refractivity contribution in [2.24, 2.45) is 0 Å². The van der Waals surface area contributed by atoms with Crippen LogP contribution in [-0.2, 0) is 6.67 Å². The number of aliphatic hydroxyl groups excluding tert-OH is 2. The Morgan fingerprint density at radius 1 is 1.26 bits per heavy atom. The predicted molar refractivity (Wildman–Crippen MR) is 111 cm³/mol. The number of nitro groups is 1. The molecule has 0 saturated heterocycles. The number of aromatic nitrogens is 4. The maximum atomic E-state index is 12.5. The molecule has 0 fully saturated rings. The van der Waals surface area contributed by atoms with Crippen LogP contribution in [0.5, 0.6) is 0 Å². The molecule has 31 heavy (non-hydrogen) atoms. The molecule has 0 saturated carbocycles. The van der Waals surface area contributed by atoms with Crippen molar-refractivity contribution in [2.75, 3.05) is 6.61 Å². The summed E-state index contributed by atoms with van der Waals surface area (Å²) in [4.78, 5) is 22.7. The zero-order valence-electron chi connectivity index (χ0n) is 16.8. The van der Waals surface area contributed by atoms with Crippen LogP contribution in [0.3, 0.4) is 0 Å². The molecule has 2 unspecified atom stereocenters. The van der Waals surface area contributed by atoms with Crippen molar-refractivity contribution >= 4 is 23.2 Å². The van der Waals surface area contributed by atoms with E-state index in [0.717, 1.165) is 5.69 Å². The number of amides is 1. The number of hydrogen-bond acceptors (Lipinski definition) is 7. The van der Waals surface area contributed by atoms with Crippen LogP contribution < -0.4 is 5.32 Å². The van der Waals surface area contributed by atoms with E-state index in [4.69, 9.17) is 11.6 Å². The SMILES string of the molecule is Cc1nn(Cn2ccc(C(=O)NC(CO)C(O)c3ccc([N+](=O)[O-])cc3)n2)c(C)c1Cl. The second-order valence-electron chi connectivity index (χ2n) is 6.92. The number of benzene rings is 1. The van der Waals surface area contributed by atoms with Crippen molar-refractivity contribution in [3.63, 3.8) is 0 Å². The summed E-state index contributed by atoms with van der Waals surface area (Å²) in [6.07, 6.45) is 0.327. The van der Waals surface area contributed by atoms with Crippen LogP contribution in [0.2, 0.25) is 5.02 Å². The number of non-ortho nitro benzene ring substituents is 1. The molecule has 2 aromatic heterocycles. The van der Waals surface area contributed by atoms with Gasteiger partial charge in [0.2, 0.25) is 0 Å². The first kappa shape index (κ1) is 22.4. The first-order valence-corrected chi connectivity index (χ1v) is 9.66. The number of carbonyl (C=O) groups is 1. The maximum absolute atomic E-state index is 12.5. The smallest absolute Gasteiger partial charge is 0.272 e. The van der Waals surface area contributed by atoms with Crippen LogP contribution in [0.4, 0.5) is 5.69 Å². The van der Waals surface area contributed by atoms with Crippen LogP contribution in [-0.4, -0.2) is 53.3 Å². The zero-order valence-corrected chi connectivity index (χ0v) is 17.5. The summed E-state index contributed by atoms with van der Waals surface area (Å²) >= 11 is 6.14. The van der Waals surface area contributed by atoms with E-state index in [2.05, 4.69) is 15.5 Å². The Bertz CT molecular complexity index is 1090. The molecule has 0 radical (unpaired) electrons. The van der Waals surface area contributed by atoms with Crippen LogP contribution in [0.1, 0.15) is 33.5 Å². The monoisotopic (exact) mass is 448 g/mol. The molecule has 3 rings (SSSR count). The number of aryl methyl sites for hydroxylation is 1. The third kappa shape index (κ3) is 4.90. The van der Waals surface area contributed by atoms with Crippen molar-refractivity contribution in [3.05, 3.63) is 74.3 Å². The highest BCUT2D eigenvalue weighted by Crippen LogP contribution is 2.21. The van der Waals surface area contributed by atoms with Gasteiger partial charge in [-0.05, 0) is 37.6 Å². The number of rotatable bonds is 8. The molecule has 1 aromatic carbocycles. The molecular formula is C19H21ClN6O5. The Hall–Kier alpha value is -3.28. The third-order valence-corrected chi connectivity index (χ3v) is 5.33. The highest BCUT2D eigenvalue weighted by atomic mass is 35.5. The average molecular weight is 449 g/mol. The minimum atomic E-state index is -1.27. The molecule has 0 spiro atoms. The predicted octanol–water partition coefficient (Wildman–Crippen LogP) is 1.59. The standard InChI is InChI=1S/C19H21ClN6O5/c1-11-17(20)12(2)25(22-11)10-24-8-7-15(23-24)19(29)21-16(9-27)18(28)13-3-5-14(6-4-13)26(30)31/h3-8,16,18,27-28H,9-10H2,1-2H3,(H,21,29). The summed E-state index contributed by atoms with van der Waals surface area (Å²) in [5, 5.41) is 42.4. The van der Waals surface area contributed by atoms with E-state index < -0.39 is 29.6 Å². The molecule has 164 valence electrons. The molecule has 12 heteroatoms. The van der Waals surface area contributed by atoms with Gasteiger partial charge in [-0.1, -0.05) is 11.6 Å². The Morgan fingerprint density at radius 3 is 2.48 bits per heavy atom. The lowest BCUT2D eigenvalue weighted by molar-refractivity contribution is -0.384. The van der Waals surface area contributed by atoms with Gasteiger partial charge in [-0.25, -0.2) is 4.68 Å². The van der Waals surface area contributed by atoms with Crippen molar-refractivity contribution in [2.45, 2.75) is 32.7 Å². The van der Waals surface area contributed by atoms with E-state index in [1.807, 2.05) is 6.92 Å². The Morgan fingerprint density at radius 2 is 1.94 bits per heavy atom. The summed E-state index contributed by atoms with van der Waals surface area (Å²) < 4.78 is 3.16. The van der Waals surface area contributed by atoms with Gasteiger partial charge in [0.25, 0.3) is 11.6 Å². The fourth-order valence-electron chi connectivity index (χ4n) is 3.00. The number of hydrogen-bond donors (Lipinski definition) is 3. The number of nitrogens with zero attached hydrogens (tertiary/aromatic N) is 5. The fraction of sp³-hybridized carbons (Fsp3) is 0.316. The highest BCUT2D eigenvalue weighted by Gasteiger charge is 2.24. The van der Waals surface area contributed by atoms with Gasteiger partial charge >= 0.3 is 0 Å². The quantitative estimate of drug-likeness (QED) is 0.350. The highest BCUT2D eigenvalue weighted by molar-refractivity contribution is 6.31. The molecule has 11 nitrogen and oxygen atoms in total. The molecule has 0 aliphatic carbocycles. The maximum Gasteiger partial charge on any atom is 0.272 e. The lowest BCUT2D eigenvalue weighted by Gasteiger charge is -2.22. The Labute approximate surface area is 182 Å². The molecular weight excluding hydrogens is 428 g/mol. The van der Waals surface area contributed by atoms with Crippen molar-refractivity contribution in [1.82, 2.24) is 24.9 Å². The van der Waals surface area contributed by atoms with E-state index in [0.29, 0.717) is 16.3 Å². The average Bonchev–Trinajstić information content (AvgIpc) is 3.32. The van der Waals surface area contributed by atoms with E-state index in [9.17, 15) is 25.1 Å². The first-order chi connectivity index (χ1) is 14.7. The van der Waals surface area contributed by atoms with Crippen molar-refractivity contribution in [3.8, 4) is 0 Å². The fourth-order valence-corrected chi connectivity index (χ4v) is 3.14. The first-order valence-electron chi connectivity index (χ1n) is 9.28. The van der Waals surface area contributed by atoms with Crippen molar-refractivity contribution < 1.29 is 19.9 Å². The molecule has 1 amide bonds. The van der Waals surface area contributed by atoms with E-state index in [1.54, 1.807) is 17.8 Å². The van der Waals surface area contributed by atoms with Gasteiger partial charge in [-0.2, -0.15) is 10.2 Å². The van der Waals surface area contributed by atoms with Crippen LogP contribution >= 0.6 is 11.6 Å². The molecule has 3 aromatic rings. The van der Waals surface area contributed by atoms with Gasteiger partial charge in [0.15, 0.2) is 0 Å². The number of halogens is 1. The van der Waals surface area contributed by atoms with Gasteiger partial charge in [0.05, 0.1) is 34.0 Å². The minimum absolute atomic E-state index is 0.0852. The summed E-state index contributed by atoms with van der Waals surface area (Å²) in [5.41, 5.74) is 1.73. The largest absolute Gasteiger partial charge is 0.394 e. The minimum Gasteiger partial charge on any atom is -0.394 e. The number of carbonyl (C=O) groups excluding carboxylic acids is 1. The molecule has 0 aliphatic heterocycles. The Kier molecular flexibility index (Phi) is 6.68. The zero-order chi connectivity index (χ0) is 22.7. The van der Waals surface area contributed by atoms with Gasteiger partial charge in [-0.3, -0.25) is 19.6 Å². The van der Waals surface area contributed by atoms with Crippen LogP contribution in [0, 0.1) is 24.0 Å². The van der Waals surface area contributed by atoms with Crippen LogP contribution in [0.15, 0.2) is 36.5 Å². The molecule has 0 aliphatic rings. The number of nitrogens with one attached hydrogen (secondary N) is 1. The molecule has 2 atom stereocenters. The normalized spacial score (nSPS) is 13.1. The van der Waals surface area contributed by atoms with Gasteiger partial charge in [0, 0.05) is 18.3 Å². The lowest BCUT2D eigenvalue weighted by atomic mass is 10.0. The summed E-state index contributed by atoms with van der Waals surface area (Å²) in [5.74, 6) is -0.592. The second kappa shape index (κ2) is 9.25. The van der Waals surface area contributed by atoms with E-state index >= 15 is 0 Å². The molecule has 0 bridgehead atoms. The van der Waals surface area contributed by atoms with E-state index in [-0.39, 0.29) is 18.1 Å². The third-order valence-electron chi connectivity index (χ3n) is 4.79. The topological polar surface area (TPSA) is 148 Å². The second-order valence-corrected chi connectivity index (χ2v) is 7.30. The number of aliphatic hydroxyl groups is 2. The Balaban J connectivity index is 1.68. The summed E-state index contributed by atoms with van der Waals surface area (Å²) in [6, 6.07) is 5.67. The van der Waals surface area contributed by atoms with Gasteiger partial charge < -0.3 is 15.5 Å². The summed E-state index contributed by atoms with van der Waals surface area (Å²) in [7, 11) is 0. The van der Waals surface area contributed by atoms with Gasteiger partial charge in [-0.15, -0.1) is 0 Å². The molecule has 2 heterocycles. The van der Waals surface area contributed by atoms with Gasteiger partial charge in [0.1, 0.15) is 18.5 Å². The van der Waals surface area contributed by atoms with Crippen molar-refractivity contribution in [1.29, 1.82) is 0 Å². The lowest BCUT2D eigenvalue weighted by Crippen LogP contribution is -2.42. The summed E-state index contributed by atoms with van der Waals surface area (Å²) in [6.45, 7) is 3.32. The van der Waals surface area contributed by atoms with E-state index in [1.165, 1.54) is 35.0 Å². The molecule has 3 N–H and O–H groups in total.